The van der Waals surface area contributed by atoms with Crippen LogP contribution in [0.3, 0.4) is 0 Å². The van der Waals surface area contributed by atoms with Gasteiger partial charge in [0.2, 0.25) is 11.8 Å². The summed E-state index contributed by atoms with van der Waals surface area (Å²) >= 11 is 0. The number of carboxylic acids is 1. The quantitative estimate of drug-likeness (QED) is 0.274. The van der Waals surface area contributed by atoms with Crippen molar-refractivity contribution >= 4 is 17.8 Å². The first kappa shape index (κ1) is 27.7. The Morgan fingerprint density at radius 3 is 2.54 bits per heavy atom. The minimum atomic E-state index is -1.22. The number of hydrogen-bond donors (Lipinski definition) is 4. The molecular formula is C25H33FN4O5. The van der Waals surface area contributed by atoms with Crippen LogP contribution in [-0.4, -0.2) is 73.7 Å². The molecule has 0 saturated carbocycles. The minimum Gasteiger partial charge on any atom is -0.492 e. The van der Waals surface area contributed by atoms with Crippen molar-refractivity contribution in [1.82, 2.24) is 15.5 Å². The standard InChI is InChI=1S/C25H33FN4O5/c1-30(17-23(31)29-21(25(33)34)15-18-8-10-20(26)11-9-18)24(32)16-28-13-14-35-22-7-3-2-5-19(22)6-4-12-27/h2-3,5,7-11,21,28H,4,6,12-17,27H2,1H3,(H,29,31)(H,33,34). The second kappa shape index (κ2) is 14.7. The van der Waals surface area contributed by atoms with E-state index in [-0.39, 0.29) is 25.4 Å². The van der Waals surface area contributed by atoms with Crippen molar-refractivity contribution in [3.63, 3.8) is 0 Å². The summed E-state index contributed by atoms with van der Waals surface area (Å²) in [5, 5.41) is 14.8. The van der Waals surface area contributed by atoms with Crippen LogP contribution >= 0.6 is 0 Å². The van der Waals surface area contributed by atoms with Crippen LogP contribution in [0.25, 0.3) is 0 Å². The molecule has 0 aliphatic heterocycles. The molecule has 35 heavy (non-hydrogen) atoms. The number of carbonyl (C=O) groups is 3. The zero-order valence-electron chi connectivity index (χ0n) is 19.8. The van der Waals surface area contributed by atoms with Crippen LogP contribution in [-0.2, 0) is 27.2 Å². The van der Waals surface area contributed by atoms with E-state index in [0.29, 0.717) is 25.3 Å². The molecule has 9 nitrogen and oxygen atoms in total. The summed E-state index contributed by atoms with van der Waals surface area (Å²) in [4.78, 5) is 37.3. The number of aryl methyl sites for hydroxylation is 1. The number of nitrogens with two attached hydrogens (primary N) is 1. The molecule has 2 rings (SSSR count). The second-order valence-corrected chi connectivity index (χ2v) is 8.06. The van der Waals surface area contributed by atoms with Crippen molar-refractivity contribution in [2.75, 3.05) is 39.8 Å². The lowest BCUT2D eigenvalue weighted by atomic mass is 10.1. The highest BCUT2D eigenvalue weighted by atomic mass is 19.1. The van der Waals surface area contributed by atoms with E-state index in [2.05, 4.69) is 10.6 Å². The van der Waals surface area contributed by atoms with E-state index >= 15 is 0 Å². The molecule has 2 aromatic carbocycles. The van der Waals surface area contributed by atoms with E-state index in [1.807, 2.05) is 24.3 Å². The maximum Gasteiger partial charge on any atom is 0.326 e. The number of carboxylic acid groups (broad SMARTS) is 1. The van der Waals surface area contributed by atoms with Gasteiger partial charge >= 0.3 is 5.97 Å². The summed E-state index contributed by atoms with van der Waals surface area (Å²) in [6.45, 7) is 1.10. The molecule has 0 aliphatic rings. The fraction of sp³-hybridized carbons (Fsp3) is 0.400. The molecule has 2 aromatic rings. The number of hydrogen-bond acceptors (Lipinski definition) is 6. The van der Waals surface area contributed by atoms with E-state index in [4.69, 9.17) is 10.5 Å². The van der Waals surface area contributed by atoms with Crippen molar-refractivity contribution in [2.45, 2.75) is 25.3 Å². The number of amides is 2. The van der Waals surface area contributed by atoms with Crippen LogP contribution in [0.4, 0.5) is 4.39 Å². The Balaban J connectivity index is 1.71. The first-order chi connectivity index (χ1) is 16.8. The van der Waals surface area contributed by atoms with E-state index in [1.165, 1.54) is 36.2 Å². The normalized spacial score (nSPS) is 11.5. The zero-order chi connectivity index (χ0) is 25.6. The van der Waals surface area contributed by atoms with Crippen LogP contribution in [0.2, 0.25) is 0 Å². The molecule has 1 unspecified atom stereocenters. The Hall–Kier alpha value is -3.50. The van der Waals surface area contributed by atoms with Gasteiger partial charge in [-0.3, -0.25) is 9.59 Å². The van der Waals surface area contributed by atoms with Crippen molar-refractivity contribution in [2.24, 2.45) is 5.73 Å². The van der Waals surface area contributed by atoms with E-state index in [9.17, 15) is 23.9 Å². The number of para-hydroxylation sites is 1. The van der Waals surface area contributed by atoms with Gasteiger partial charge in [0.05, 0.1) is 13.1 Å². The Morgan fingerprint density at radius 2 is 1.86 bits per heavy atom. The third kappa shape index (κ3) is 10.1. The van der Waals surface area contributed by atoms with Crippen LogP contribution in [0.5, 0.6) is 5.75 Å². The average Bonchev–Trinajstić information content (AvgIpc) is 2.83. The zero-order valence-corrected chi connectivity index (χ0v) is 19.8. The molecule has 5 N–H and O–H groups in total. The first-order valence-electron chi connectivity index (χ1n) is 11.4. The molecule has 0 spiro atoms. The molecule has 0 fully saturated rings. The van der Waals surface area contributed by atoms with Gasteiger partial charge in [0.25, 0.3) is 0 Å². The molecular weight excluding hydrogens is 455 g/mol. The summed E-state index contributed by atoms with van der Waals surface area (Å²) in [6.07, 6.45) is 1.69. The van der Waals surface area contributed by atoms with Crippen molar-refractivity contribution in [3.8, 4) is 5.75 Å². The fourth-order valence-corrected chi connectivity index (χ4v) is 3.31. The van der Waals surface area contributed by atoms with E-state index in [0.717, 1.165) is 24.2 Å². The highest BCUT2D eigenvalue weighted by molar-refractivity contribution is 5.88. The van der Waals surface area contributed by atoms with Crippen molar-refractivity contribution in [1.29, 1.82) is 0 Å². The third-order valence-electron chi connectivity index (χ3n) is 5.23. The van der Waals surface area contributed by atoms with Gasteiger partial charge in [0.1, 0.15) is 24.2 Å². The number of nitrogens with one attached hydrogen (secondary N) is 2. The lowest BCUT2D eigenvalue weighted by molar-refractivity contribution is -0.142. The smallest absolute Gasteiger partial charge is 0.326 e. The van der Waals surface area contributed by atoms with Crippen molar-refractivity contribution < 1.29 is 28.6 Å². The second-order valence-electron chi connectivity index (χ2n) is 8.06. The summed E-state index contributed by atoms with van der Waals surface area (Å²) in [5.74, 6) is -1.79. The number of ether oxygens (including phenoxy) is 1. The van der Waals surface area contributed by atoms with Crippen molar-refractivity contribution in [3.05, 3.63) is 65.5 Å². The largest absolute Gasteiger partial charge is 0.492 e. The highest BCUT2D eigenvalue weighted by Gasteiger charge is 2.22. The summed E-state index contributed by atoms with van der Waals surface area (Å²) in [6, 6.07) is 11.9. The molecule has 0 saturated heterocycles. The van der Waals surface area contributed by atoms with E-state index < -0.39 is 23.7 Å². The Labute approximate surface area is 204 Å². The van der Waals surface area contributed by atoms with Gasteiger partial charge in [0, 0.05) is 20.0 Å². The third-order valence-corrected chi connectivity index (χ3v) is 5.23. The van der Waals surface area contributed by atoms with Gasteiger partial charge in [-0.1, -0.05) is 30.3 Å². The molecule has 10 heteroatoms. The molecule has 0 heterocycles. The number of halogens is 1. The number of carbonyl (C=O) groups excluding carboxylic acids is 2. The number of nitrogens with zero attached hydrogens (tertiary/aromatic N) is 1. The summed E-state index contributed by atoms with van der Waals surface area (Å²) in [5.41, 5.74) is 7.22. The fourth-order valence-electron chi connectivity index (χ4n) is 3.31. The van der Waals surface area contributed by atoms with Gasteiger partial charge in [-0.05, 0) is 48.7 Å². The summed E-state index contributed by atoms with van der Waals surface area (Å²) in [7, 11) is 1.46. The van der Waals surface area contributed by atoms with Gasteiger partial charge in [-0.25, -0.2) is 9.18 Å². The molecule has 2 amide bonds. The molecule has 0 radical (unpaired) electrons. The SMILES string of the molecule is CN(CC(=O)NC(Cc1ccc(F)cc1)C(=O)O)C(=O)CNCCOc1ccccc1CCCN. The van der Waals surface area contributed by atoms with Gasteiger partial charge in [-0.15, -0.1) is 0 Å². The monoisotopic (exact) mass is 488 g/mol. The first-order valence-corrected chi connectivity index (χ1v) is 11.4. The van der Waals surface area contributed by atoms with Gasteiger partial charge in [-0.2, -0.15) is 0 Å². The maximum absolute atomic E-state index is 13.0. The van der Waals surface area contributed by atoms with Crippen LogP contribution in [0.1, 0.15) is 17.5 Å². The number of likely N-dealkylation sites (N-methyl/N-ethyl adjacent to an activating group) is 1. The molecule has 1 atom stereocenters. The predicted octanol–water partition coefficient (Wildman–Crippen LogP) is 0.956. The van der Waals surface area contributed by atoms with E-state index in [1.54, 1.807) is 0 Å². The molecule has 190 valence electrons. The maximum atomic E-state index is 13.0. The number of benzene rings is 2. The average molecular weight is 489 g/mol. The van der Waals surface area contributed by atoms with Gasteiger partial charge < -0.3 is 31.1 Å². The van der Waals surface area contributed by atoms with Gasteiger partial charge in [0.15, 0.2) is 0 Å². The highest BCUT2D eigenvalue weighted by Crippen LogP contribution is 2.19. The lowest BCUT2D eigenvalue weighted by Crippen LogP contribution is -2.48. The molecule has 0 aromatic heterocycles. The molecule has 0 aliphatic carbocycles. The predicted molar refractivity (Wildman–Crippen MR) is 129 cm³/mol. The van der Waals surface area contributed by atoms with Crippen LogP contribution in [0.15, 0.2) is 48.5 Å². The van der Waals surface area contributed by atoms with Crippen LogP contribution < -0.4 is 21.1 Å². The summed E-state index contributed by atoms with van der Waals surface area (Å²) < 4.78 is 18.8. The molecule has 0 bridgehead atoms. The minimum absolute atomic E-state index is 0.000100. The Kier molecular flexibility index (Phi) is 11.6. The van der Waals surface area contributed by atoms with Crippen LogP contribution in [0, 0.1) is 5.82 Å². The Bertz CT molecular complexity index is 971. The lowest BCUT2D eigenvalue weighted by Gasteiger charge is -2.20. The number of aliphatic carboxylic acids is 1. The Morgan fingerprint density at radius 1 is 1.14 bits per heavy atom. The topological polar surface area (TPSA) is 134 Å². The number of rotatable bonds is 15.